The molecule has 0 aliphatic rings. The van der Waals surface area contributed by atoms with E-state index in [1.165, 1.54) is 0 Å². The minimum absolute atomic E-state index is 0.332. The first-order chi connectivity index (χ1) is 5.57. The first-order valence-corrected chi connectivity index (χ1v) is 3.61. The normalized spacial score (nSPS) is 12.1. The van der Waals surface area contributed by atoms with Crippen LogP contribution in [0.25, 0.3) is 0 Å². The SMILES string of the molecule is Cc1nn(C)c(C)c1C(N)=NN. The van der Waals surface area contributed by atoms with Gasteiger partial charge in [0.15, 0.2) is 5.84 Å². The molecule has 66 valence electrons. The van der Waals surface area contributed by atoms with Gasteiger partial charge >= 0.3 is 0 Å². The maximum atomic E-state index is 5.58. The van der Waals surface area contributed by atoms with Gasteiger partial charge in [-0.05, 0) is 13.8 Å². The Balaban J connectivity index is 3.32. The number of amidine groups is 1. The molecule has 4 N–H and O–H groups in total. The average Bonchev–Trinajstić information content (AvgIpc) is 2.26. The van der Waals surface area contributed by atoms with Gasteiger partial charge in [-0.1, -0.05) is 0 Å². The largest absolute Gasteiger partial charge is 0.382 e. The Morgan fingerprint density at radius 3 is 2.42 bits per heavy atom. The zero-order valence-electron chi connectivity index (χ0n) is 7.50. The summed E-state index contributed by atoms with van der Waals surface area (Å²) in [6, 6.07) is 0. The summed E-state index contributed by atoms with van der Waals surface area (Å²) >= 11 is 0. The molecule has 0 bridgehead atoms. The van der Waals surface area contributed by atoms with Crippen LogP contribution in [0.5, 0.6) is 0 Å². The molecule has 0 saturated heterocycles. The zero-order valence-corrected chi connectivity index (χ0v) is 7.50. The van der Waals surface area contributed by atoms with E-state index in [1.807, 2.05) is 20.9 Å². The third-order valence-electron chi connectivity index (χ3n) is 1.90. The number of hydrogen-bond donors (Lipinski definition) is 2. The van der Waals surface area contributed by atoms with E-state index >= 15 is 0 Å². The maximum Gasteiger partial charge on any atom is 0.154 e. The lowest BCUT2D eigenvalue weighted by atomic mass is 10.2. The summed E-state index contributed by atoms with van der Waals surface area (Å²) in [7, 11) is 1.86. The minimum Gasteiger partial charge on any atom is -0.382 e. The van der Waals surface area contributed by atoms with Crippen molar-refractivity contribution in [3.8, 4) is 0 Å². The van der Waals surface area contributed by atoms with Gasteiger partial charge in [-0.3, -0.25) is 4.68 Å². The Bertz CT molecular complexity index is 323. The van der Waals surface area contributed by atoms with Gasteiger partial charge < -0.3 is 11.6 Å². The molecule has 0 aliphatic carbocycles. The molecule has 0 fully saturated rings. The van der Waals surface area contributed by atoms with Crippen molar-refractivity contribution in [2.45, 2.75) is 13.8 Å². The second-order valence-electron chi connectivity index (χ2n) is 2.68. The minimum atomic E-state index is 0.332. The van der Waals surface area contributed by atoms with Gasteiger partial charge in [0.25, 0.3) is 0 Å². The van der Waals surface area contributed by atoms with E-state index in [0.717, 1.165) is 17.0 Å². The standard InChI is InChI=1S/C7H13N5/c1-4-6(7(8)10-9)5(2)12(3)11-4/h9H2,1-3H3,(H2,8,10). The highest BCUT2D eigenvalue weighted by molar-refractivity contribution is 5.99. The second-order valence-corrected chi connectivity index (χ2v) is 2.68. The van der Waals surface area contributed by atoms with Crippen molar-refractivity contribution < 1.29 is 0 Å². The van der Waals surface area contributed by atoms with Crippen LogP contribution < -0.4 is 11.6 Å². The van der Waals surface area contributed by atoms with Crippen molar-refractivity contribution in [1.29, 1.82) is 0 Å². The molecule has 1 rings (SSSR count). The van der Waals surface area contributed by atoms with Gasteiger partial charge in [0.1, 0.15) is 0 Å². The van der Waals surface area contributed by atoms with Crippen LogP contribution >= 0.6 is 0 Å². The van der Waals surface area contributed by atoms with Crippen LogP contribution in [-0.4, -0.2) is 15.6 Å². The van der Waals surface area contributed by atoms with Gasteiger partial charge in [-0.25, -0.2) is 0 Å². The number of rotatable bonds is 1. The maximum absolute atomic E-state index is 5.58. The van der Waals surface area contributed by atoms with Crippen molar-refractivity contribution in [3.05, 3.63) is 17.0 Å². The third kappa shape index (κ3) is 1.13. The second kappa shape index (κ2) is 2.84. The predicted molar refractivity (Wildman–Crippen MR) is 47.6 cm³/mol. The van der Waals surface area contributed by atoms with Crippen molar-refractivity contribution in [3.63, 3.8) is 0 Å². The van der Waals surface area contributed by atoms with E-state index < -0.39 is 0 Å². The first kappa shape index (κ1) is 8.58. The van der Waals surface area contributed by atoms with Gasteiger partial charge in [-0.15, -0.1) is 0 Å². The van der Waals surface area contributed by atoms with Crippen LogP contribution in [-0.2, 0) is 7.05 Å². The lowest BCUT2D eigenvalue weighted by Gasteiger charge is -1.98. The highest BCUT2D eigenvalue weighted by Gasteiger charge is 2.11. The molecule has 1 aromatic heterocycles. The highest BCUT2D eigenvalue weighted by atomic mass is 15.3. The Kier molecular flexibility index (Phi) is 2.03. The van der Waals surface area contributed by atoms with Gasteiger partial charge in [0, 0.05) is 12.7 Å². The Morgan fingerprint density at radius 2 is 2.08 bits per heavy atom. The molecule has 0 saturated carbocycles. The summed E-state index contributed by atoms with van der Waals surface area (Å²) in [5, 5.41) is 7.61. The van der Waals surface area contributed by atoms with E-state index in [0.29, 0.717) is 5.84 Å². The topological polar surface area (TPSA) is 82.2 Å². The van der Waals surface area contributed by atoms with Crippen molar-refractivity contribution in [2.24, 2.45) is 23.7 Å². The van der Waals surface area contributed by atoms with Crippen molar-refractivity contribution >= 4 is 5.84 Å². The molecular weight excluding hydrogens is 154 g/mol. The van der Waals surface area contributed by atoms with Gasteiger partial charge in [-0.2, -0.15) is 10.2 Å². The molecular formula is C7H13N5. The van der Waals surface area contributed by atoms with Crippen LogP contribution in [0.15, 0.2) is 5.10 Å². The molecule has 1 heterocycles. The summed E-state index contributed by atoms with van der Waals surface area (Å²) < 4.78 is 1.75. The van der Waals surface area contributed by atoms with Gasteiger partial charge in [0.2, 0.25) is 0 Å². The Labute approximate surface area is 71.0 Å². The quantitative estimate of drug-likeness (QED) is 0.259. The van der Waals surface area contributed by atoms with Crippen LogP contribution in [0.1, 0.15) is 17.0 Å². The number of hydrogen-bond acceptors (Lipinski definition) is 3. The molecule has 0 unspecified atom stereocenters. The smallest absolute Gasteiger partial charge is 0.154 e. The van der Waals surface area contributed by atoms with E-state index in [2.05, 4.69) is 10.2 Å². The molecule has 0 spiro atoms. The monoisotopic (exact) mass is 167 g/mol. The fourth-order valence-electron chi connectivity index (χ4n) is 1.21. The first-order valence-electron chi connectivity index (χ1n) is 3.61. The molecule has 0 aromatic carbocycles. The van der Waals surface area contributed by atoms with Crippen molar-refractivity contribution in [1.82, 2.24) is 9.78 Å². The molecule has 1 aromatic rings. The van der Waals surface area contributed by atoms with Crippen LogP contribution in [0.2, 0.25) is 0 Å². The van der Waals surface area contributed by atoms with Crippen LogP contribution in [0, 0.1) is 13.8 Å². The summed E-state index contributed by atoms with van der Waals surface area (Å²) in [5.74, 6) is 5.41. The summed E-state index contributed by atoms with van der Waals surface area (Å²) in [5.41, 5.74) is 8.23. The van der Waals surface area contributed by atoms with E-state index in [4.69, 9.17) is 11.6 Å². The van der Waals surface area contributed by atoms with E-state index in [1.54, 1.807) is 4.68 Å². The molecule has 0 amide bonds. The highest BCUT2D eigenvalue weighted by Crippen LogP contribution is 2.10. The Morgan fingerprint density at radius 1 is 1.50 bits per heavy atom. The number of aromatic nitrogens is 2. The lowest BCUT2D eigenvalue weighted by Crippen LogP contribution is -2.17. The predicted octanol–water partition coefficient (Wildman–Crippen LogP) is -0.384. The van der Waals surface area contributed by atoms with Gasteiger partial charge in [0.05, 0.1) is 11.3 Å². The molecule has 5 nitrogen and oxygen atoms in total. The molecule has 0 aliphatic heterocycles. The fraction of sp³-hybridized carbons (Fsp3) is 0.429. The average molecular weight is 167 g/mol. The van der Waals surface area contributed by atoms with E-state index in [-0.39, 0.29) is 0 Å². The summed E-state index contributed by atoms with van der Waals surface area (Å²) in [6.45, 7) is 3.80. The molecule has 0 radical (unpaired) electrons. The number of hydrazone groups is 1. The number of nitrogens with two attached hydrogens (primary N) is 2. The fourth-order valence-corrected chi connectivity index (χ4v) is 1.21. The number of nitrogens with zero attached hydrogens (tertiary/aromatic N) is 3. The molecule has 12 heavy (non-hydrogen) atoms. The Hall–Kier alpha value is -1.52. The van der Waals surface area contributed by atoms with Crippen LogP contribution in [0.3, 0.4) is 0 Å². The van der Waals surface area contributed by atoms with Crippen molar-refractivity contribution in [2.75, 3.05) is 0 Å². The third-order valence-corrected chi connectivity index (χ3v) is 1.90. The molecule has 5 heteroatoms. The lowest BCUT2D eigenvalue weighted by molar-refractivity contribution is 0.731. The summed E-state index contributed by atoms with van der Waals surface area (Å²) in [6.07, 6.45) is 0. The summed E-state index contributed by atoms with van der Waals surface area (Å²) in [4.78, 5) is 0. The number of aryl methyl sites for hydroxylation is 2. The zero-order chi connectivity index (χ0) is 9.30. The van der Waals surface area contributed by atoms with E-state index in [9.17, 15) is 0 Å². The molecule has 0 atom stereocenters. The van der Waals surface area contributed by atoms with Crippen LogP contribution in [0.4, 0.5) is 0 Å².